The van der Waals surface area contributed by atoms with Crippen molar-refractivity contribution in [3.63, 3.8) is 0 Å². The molecule has 0 aromatic heterocycles. The van der Waals surface area contributed by atoms with Crippen LogP contribution in [0.3, 0.4) is 0 Å². The predicted octanol–water partition coefficient (Wildman–Crippen LogP) is 3.38. The van der Waals surface area contributed by atoms with Crippen LogP contribution in [0.5, 0.6) is 17.2 Å². The van der Waals surface area contributed by atoms with Gasteiger partial charge in [0.2, 0.25) is 0 Å². The van der Waals surface area contributed by atoms with E-state index in [1.165, 1.54) is 36.4 Å². The first-order valence-corrected chi connectivity index (χ1v) is 7.11. The maximum absolute atomic E-state index is 12.8. The number of aromatic carboxylic acids is 1. The first-order chi connectivity index (χ1) is 11.1. The molecule has 0 spiro atoms. The second kappa shape index (κ2) is 8.03. The molecule has 122 valence electrons. The summed E-state index contributed by atoms with van der Waals surface area (Å²) in [7, 11) is 0. The van der Waals surface area contributed by atoms with Crippen molar-refractivity contribution in [2.24, 2.45) is 0 Å². The van der Waals surface area contributed by atoms with E-state index in [4.69, 9.17) is 19.3 Å². The minimum Gasteiger partial charge on any atom is -0.490 e. The molecule has 0 unspecified atom stereocenters. The van der Waals surface area contributed by atoms with Crippen molar-refractivity contribution in [2.75, 3.05) is 19.8 Å². The van der Waals surface area contributed by atoms with E-state index in [-0.39, 0.29) is 24.6 Å². The molecule has 2 rings (SSSR count). The van der Waals surface area contributed by atoms with Crippen LogP contribution >= 0.6 is 0 Å². The van der Waals surface area contributed by atoms with Crippen LogP contribution in [0.4, 0.5) is 4.39 Å². The lowest BCUT2D eigenvalue weighted by atomic mass is 10.2. The molecule has 0 bridgehead atoms. The Labute approximate surface area is 133 Å². The Morgan fingerprint density at radius 2 is 1.70 bits per heavy atom. The summed E-state index contributed by atoms with van der Waals surface area (Å²) in [5.41, 5.74) is 0.128. The van der Waals surface area contributed by atoms with E-state index in [0.717, 1.165) is 0 Å². The smallest absolute Gasteiger partial charge is 0.335 e. The van der Waals surface area contributed by atoms with Gasteiger partial charge in [0.05, 0.1) is 12.2 Å². The van der Waals surface area contributed by atoms with Gasteiger partial charge >= 0.3 is 5.97 Å². The highest BCUT2D eigenvalue weighted by Gasteiger charge is 2.10. The van der Waals surface area contributed by atoms with E-state index < -0.39 is 5.97 Å². The van der Waals surface area contributed by atoms with E-state index in [9.17, 15) is 9.18 Å². The molecule has 6 heteroatoms. The Morgan fingerprint density at radius 1 is 1.00 bits per heavy atom. The molecular formula is C17H17FO5. The SMILES string of the molecule is CCOc1cc(C(=O)O)ccc1OCCOc1ccc(F)cc1. The summed E-state index contributed by atoms with van der Waals surface area (Å²) < 4.78 is 29.1. The first-order valence-electron chi connectivity index (χ1n) is 7.11. The highest BCUT2D eigenvalue weighted by molar-refractivity contribution is 5.88. The highest BCUT2D eigenvalue weighted by Crippen LogP contribution is 2.28. The molecule has 0 radical (unpaired) electrons. The van der Waals surface area contributed by atoms with Gasteiger partial charge in [-0.05, 0) is 49.4 Å². The average Bonchev–Trinajstić information content (AvgIpc) is 2.54. The van der Waals surface area contributed by atoms with E-state index in [1.807, 2.05) is 0 Å². The molecule has 0 aliphatic carbocycles. The number of hydrogen-bond donors (Lipinski definition) is 1. The fraction of sp³-hybridized carbons (Fsp3) is 0.235. The van der Waals surface area contributed by atoms with Crippen LogP contribution in [-0.2, 0) is 0 Å². The Kier molecular flexibility index (Phi) is 5.80. The van der Waals surface area contributed by atoms with E-state index in [0.29, 0.717) is 23.9 Å². The highest BCUT2D eigenvalue weighted by atomic mass is 19.1. The Bertz CT molecular complexity index is 655. The number of benzene rings is 2. The molecule has 1 N–H and O–H groups in total. The summed E-state index contributed by atoms with van der Waals surface area (Å²) in [4.78, 5) is 11.0. The minimum absolute atomic E-state index is 0.128. The lowest BCUT2D eigenvalue weighted by Gasteiger charge is -2.13. The quantitative estimate of drug-likeness (QED) is 0.755. The average molecular weight is 320 g/mol. The molecule has 0 atom stereocenters. The van der Waals surface area contributed by atoms with E-state index in [2.05, 4.69) is 0 Å². The second-order valence-electron chi connectivity index (χ2n) is 4.55. The number of rotatable bonds is 8. The third kappa shape index (κ3) is 4.88. The van der Waals surface area contributed by atoms with Crippen molar-refractivity contribution < 1.29 is 28.5 Å². The van der Waals surface area contributed by atoms with Gasteiger partial charge < -0.3 is 19.3 Å². The van der Waals surface area contributed by atoms with Crippen molar-refractivity contribution in [2.45, 2.75) is 6.92 Å². The fourth-order valence-corrected chi connectivity index (χ4v) is 1.87. The minimum atomic E-state index is -1.03. The van der Waals surface area contributed by atoms with Crippen molar-refractivity contribution in [1.29, 1.82) is 0 Å². The largest absolute Gasteiger partial charge is 0.490 e. The Hall–Kier alpha value is -2.76. The lowest BCUT2D eigenvalue weighted by Crippen LogP contribution is -2.10. The van der Waals surface area contributed by atoms with Gasteiger partial charge in [-0.25, -0.2) is 9.18 Å². The fourth-order valence-electron chi connectivity index (χ4n) is 1.87. The molecule has 5 nitrogen and oxygen atoms in total. The molecule has 0 amide bonds. The third-order valence-electron chi connectivity index (χ3n) is 2.91. The summed E-state index contributed by atoms with van der Waals surface area (Å²) in [6, 6.07) is 10.1. The van der Waals surface area contributed by atoms with E-state index in [1.54, 1.807) is 13.0 Å². The standard InChI is InChI=1S/C17H17FO5/c1-2-21-16-11-12(17(19)20)3-8-15(16)23-10-9-22-14-6-4-13(18)5-7-14/h3-8,11H,2,9-10H2,1H3,(H,19,20). The van der Waals surface area contributed by atoms with Gasteiger partial charge in [0.25, 0.3) is 0 Å². The zero-order chi connectivity index (χ0) is 16.7. The number of halogens is 1. The summed E-state index contributed by atoms with van der Waals surface area (Å²) in [6.45, 7) is 2.70. The Morgan fingerprint density at radius 3 is 2.35 bits per heavy atom. The number of carbonyl (C=O) groups is 1. The van der Waals surface area contributed by atoms with Gasteiger partial charge in [-0.15, -0.1) is 0 Å². The maximum atomic E-state index is 12.8. The Balaban J connectivity index is 1.91. The van der Waals surface area contributed by atoms with Crippen LogP contribution in [0, 0.1) is 5.82 Å². The van der Waals surface area contributed by atoms with Crippen molar-refractivity contribution in [3.05, 3.63) is 53.8 Å². The molecule has 23 heavy (non-hydrogen) atoms. The summed E-state index contributed by atoms with van der Waals surface area (Å²) >= 11 is 0. The van der Waals surface area contributed by atoms with Crippen LogP contribution in [0.15, 0.2) is 42.5 Å². The third-order valence-corrected chi connectivity index (χ3v) is 2.91. The molecular weight excluding hydrogens is 303 g/mol. The normalized spacial score (nSPS) is 10.2. The summed E-state index contributed by atoms with van der Waals surface area (Å²) in [5.74, 6) is 0.000572. The van der Waals surface area contributed by atoms with Crippen molar-refractivity contribution >= 4 is 5.97 Å². The first kappa shape index (κ1) is 16.6. The molecule has 0 aliphatic rings. The summed E-state index contributed by atoms with van der Waals surface area (Å²) in [5, 5.41) is 8.99. The zero-order valence-electron chi connectivity index (χ0n) is 12.6. The summed E-state index contributed by atoms with van der Waals surface area (Å²) in [6.07, 6.45) is 0. The van der Waals surface area contributed by atoms with Gasteiger partial charge in [0, 0.05) is 0 Å². The zero-order valence-corrected chi connectivity index (χ0v) is 12.6. The van der Waals surface area contributed by atoms with Crippen LogP contribution < -0.4 is 14.2 Å². The molecule has 0 heterocycles. The van der Waals surface area contributed by atoms with E-state index >= 15 is 0 Å². The number of carboxylic acids is 1. The monoisotopic (exact) mass is 320 g/mol. The van der Waals surface area contributed by atoms with Crippen LogP contribution in [-0.4, -0.2) is 30.9 Å². The van der Waals surface area contributed by atoms with Crippen molar-refractivity contribution in [1.82, 2.24) is 0 Å². The van der Waals surface area contributed by atoms with Gasteiger partial charge in [-0.1, -0.05) is 0 Å². The maximum Gasteiger partial charge on any atom is 0.335 e. The predicted molar refractivity (Wildman–Crippen MR) is 82.0 cm³/mol. The topological polar surface area (TPSA) is 65.0 Å². The van der Waals surface area contributed by atoms with Crippen molar-refractivity contribution in [3.8, 4) is 17.2 Å². The van der Waals surface area contributed by atoms with Crippen LogP contribution in [0.2, 0.25) is 0 Å². The second-order valence-corrected chi connectivity index (χ2v) is 4.55. The molecule has 0 saturated carbocycles. The van der Waals surface area contributed by atoms with Gasteiger partial charge in [-0.3, -0.25) is 0 Å². The molecule has 0 saturated heterocycles. The van der Waals surface area contributed by atoms with Gasteiger partial charge in [-0.2, -0.15) is 0 Å². The number of hydrogen-bond acceptors (Lipinski definition) is 4. The molecule has 0 fully saturated rings. The number of carboxylic acid groups (broad SMARTS) is 1. The van der Waals surface area contributed by atoms with Crippen LogP contribution in [0.25, 0.3) is 0 Å². The van der Waals surface area contributed by atoms with Gasteiger partial charge in [0.15, 0.2) is 11.5 Å². The number of ether oxygens (including phenoxy) is 3. The van der Waals surface area contributed by atoms with Crippen LogP contribution in [0.1, 0.15) is 17.3 Å². The molecule has 0 aliphatic heterocycles. The molecule has 2 aromatic rings. The molecule has 2 aromatic carbocycles. The lowest BCUT2D eigenvalue weighted by molar-refractivity contribution is 0.0696. The van der Waals surface area contributed by atoms with Gasteiger partial charge in [0.1, 0.15) is 24.8 Å².